The van der Waals surface area contributed by atoms with Crippen molar-refractivity contribution in [1.29, 1.82) is 0 Å². The average Bonchev–Trinajstić information content (AvgIpc) is 2.85. The molecule has 3 rings (SSSR count). The molecule has 0 unspecified atom stereocenters. The van der Waals surface area contributed by atoms with Crippen LogP contribution in [0.15, 0.2) is 24.3 Å². The number of rotatable bonds is 3. The topological polar surface area (TPSA) is 29.5 Å². The number of carbonyl (C=O) groups excluding carboxylic acids is 1. The second-order valence-electron chi connectivity index (χ2n) is 6.24. The van der Waals surface area contributed by atoms with Gasteiger partial charge >= 0.3 is 0 Å². The van der Waals surface area contributed by atoms with Crippen molar-refractivity contribution in [2.45, 2.75) is 44.8 Å². The fourth-order valence-corrected chi connectivity index (χ4v) is 3.61. The molecule has 2 aliphatic rings. The van der Waals surface area contributed by atoms with Crippen molar-refractivity contribution in [1.82, 2.24) is 4.90 Å². The lowest BCUT2D eigenvalue weighted by Crippen LogP contribution is -2.44. The van der Waals surface area contributed by atoms with Crippen LogP contribution in [-0.4, -0.2) is 36.1 Å². The minimum Gasteiger partial charge on any atom is -0.375 e. The summed E-state index contributed by atoms with van der Waals surface area (Å²) in [5.74, 6) is 0.802. The average molecular weight is 308 g/mol. The first-order chi connectivity index (χ1) is 10.1. The first kappa shape index (κ1) is 14.9. The minimum absolute atomic E-state index is 0.267. The highest BCUT2D eigenvalue weighted by Gasteiger charge is 2.38. The molecule has 0 saturated carbocycles. The monoisotopic (exact) mass is 307 g/mol. The summed E-state index contributed by atoms with van der Waals surface area (Å²) in [7, 11) is 0. The summed E-state index contributed by atoms with van der Waals surface area (Å²) in [5, 5.41) is 0.738. The van der Waals surface area contributed by atoms with Gasteiger partial charge in [0.15, 0.2) is 0 Å². The van der Waals surface area contributed by atoms with Crippen LogP contribution in [0.4, 0.5) is 0 Å². The molecule has 0 aliphatic carbocycles. The number of likely N-dealkylation sites (tertiary alicyclic amines) is 1. The number of hydrogen-bond donors (Lipinski definition) is 0. The molecule has 2 fully saturated rings. The molecular weight excluding hydrogens is 286 g/mol. The number of carbonyl (C=O) groups is 1. The van der Waals surface area contributed by atoms with Gasteiger partial charge in [0.2, 0.25) is 5.91 Å². The van der Waals surface area contributed by atoms with E-state index in [1.54, 1.807) is 0 Å². The van der Waals surface area contributed by atoms with E-state index in [4.69, 9.17) is 16.3 Å². The van der Waals surface area contributed by atoms with E-state index in [9.17, 15) is 4.79 Å². The molecule has 2 saturated heterocycles. The highest BCUT2D eigenvalue weighted by atomic mass is 35.5. The lowest BCUT2D eigenvalue weighted by molar-refractivity contribution is -0.134. The van der Waals surface area contributed by atoms with E-state index in [0.29, 0.717) is 24.5 Å². The Morgan fingerprint density at radius 2 is 2.14 bits per heavy atom. The quantitative estimate of drug-likeness (QED) is 0.857. The lowest BCUT2D eigenvalue weighted by atomic mass is 9.93. The first-order valence-electron chi connectivity index (χ1n) is 7.79. The van der Waals surface area contributed by atoms with E-state index < -0.39 is 0 Å². The fraction of sp³-hybridized carbons (Fsp3) is 0.588. The molecule has 4 heteroatoms. The summed E-state index contributed by atoms with van der Waals surface area (Å²) in [5.41, 5.74) is 1.17. The van der Waals surface area contributed by atoms with Crippen LogP contribution >= 0.6 is 11.6 Å². The number of aryl methyl sites for hydroxylation is 1. The summed E-state index contributed by atoms with van der Waals surface area (Å²) in [4.78, 5) is 14.4. The highest BCUT2D eigenvalue weighted by molar-refractivity contribution is 6.30. The Morgan fingerprint density at radius 3 is 2.90 bits per heavy atom. The molecule has 1 aromatic rings. The number of amides is 1. The van der Waals surface area contributed by atoms with E-state index in [-0.39, 0.29) is 5.91 Å². The zero-order chi connectivity index (χ0) is 14.8. The van der Waals surface area contributed by atoms with Crippen LogP contribution in [0.5, 0.6) is 0 Å². The molecule has 114 valence electrons. The lowest BCUT2D eigenvalue weighted by Gasteiger charge is -2.34. The molecule has 3 atom stereocenters. The summed E-state index contributed by atoms with van der Waals surface area (Å²) >= 11 is 5.87. The van der Waals surface area contributed by atoms with Gasteiger partial charge in [0.25, 0.3) is 0 Å². The van der Waals surface area contributed by atoms with Crippen LogP contribution in [0.2, 0.25) is 5.02 Å². The maximum Gasteiger partial charge on any atom is 0.222 e. The molecule has 2 heterocycles. The van der Waals surface area contributed by atoms with Crippen molar-refractivity contribution in [2.75, 3.05) is 13.1 Å². The van der Waals surface area contributed by atoms with Gasteiger partial charge in [0.1, 0.15) is 0 Å². The molecule has 3 nitrogen and oxygen atoms in total. The van der Waals surface area contributed by atoms with E-state index in [1.807, 2.05) is 29.2 Å². The summed E-state index contributed by atoms with van der Waals surface area (Å²) < 4.78 is 5.88. The standard InChI is InChI=1S/C17H22ClNO2/c1-12-10-14-11-19(9-8-16(14)21-12)17(20)7-4-13-2-5-15(18)6-3-13/h2-3,5-6,12,14,16H,4,7-11H2,1H3/t12-,14+,16+/m0/s1. The number of hydrogen-bond acceptors (Lipinski definition) is 2. The van der Waals surface area contributed by atoms with Crippen molar-refractivity contribution in [3.8, 4) is 0 Å². The Hall–Kier alpha value is -1.06. The Kier molecular flexibility index (Phi) is 4.51. The Morgan fingerprint density at radius 1 is 1.38 bits per heavy atom. The molecule has 2 aliphatic heterocycles. The van der Waals surface area contributed by atoms with Gasteiger partial charge in [0.05, 0.1) is 12.2 Å². The molecule has 0 aromatic heterocycles. The number of nitrogens with zero attached hydrogens (tertiary/aromatic N) is 1. The molecule has 0 radical (unpaired) electrons. The van der Waals surface area contributed by atoms with E-state index in [0.717, 1.165) is 37.4 Å². The maximum absolute atomic E-state index is 12.4. The van der Waals surface area contributed by atoms with E-state index in [2.05, 4.69) is 6.92 Å². The molecule has 0 spiro atoms. The number of piperidine rings is 1. The van der Waals surface area contributed by atoms with Crippen molar-refractivity contribution in [2.24, 2.45) is 5.92 Å². The first-order valence-corrected chi connectivity index (χ1v) is 8.17. The van der Waals surface area contributed by atoms with Gasteiger partial charge in [0, 0.05) is 30.5 Å². The third kappa shape index (κ3) is 3.58. The molecule has 1 aromatic carbocycles. The molecule has 1 amide bonds. The van der Waals surface area contributed by atoms with Gasteiger partial charge in [-0.1, -0.05) is 23.7 Å². The van der Waals surface area contributed by atoms with Crippen molar-refractivity contribution >= 4 is 17.5 Å². The summed E-state index contributed by atoms with van der Waals surface area (Å²) in [6.07, 6.45) is 4.17. The van der Waals surface area contributed by atoms with E-state index >= 15 is 0 Å². The smallest absolute Gasteiger partial charge is 0.222 e. The number of ether oxygens (including phenoxy) is 1. The SMILES string of the molecule is C[C@H]1C[C@@H]2CN(C(=O)CCc3ccc(Cl)cc3)CC[C@H]2O1. The normalized spacial score (nSPS) is 28.5. The van der Waals surface area contributed by atoms with Crippen molar-refractivity contribution in [3.05, 3.63) is 34.9 Å². The predicted molar refractivity (Wildman–Crippen MR) is 83.4 cm³/mol. The summed E-state index contributed by atoms with van der Waals surface area (Å²) in [6.45, 7) is 3.84. The third-order valence-corrected chi connectivity index (χ3v) is 4.85. The molecule has 21 heavy (non-hydrogen) atoms. The van der Waals surface area contributed by atoms with Crippen molar-refractivity contribution in [3.63, 3.8) is 0 Å². The van der Waals surface area contributed by atoms with Crippen LogP contribution in [-0.2, 0) is 16.0 Å². The number of halogens is 1. The third-order valence-electron chi connectivity index (χ3n) is 4.60. The van der Waals surface area contributed by atoms with Crippen LogP contribution < -0.4 is 0 Å². The van der Waals surface area contributed by atoms with E-state index in [1.165, 1.54) is 5.56 Å². The van der Waals surface area contributed by atoms with Gasteiger partial charge in [-0.2, -0.15) is 0 Å². The van der Waals surface area contributed by atoms with Gasteiger partial charge in [-0.3, -0.25) is 4.79 Å². The van der Waals surface area contributed by atoms with Crippen LogP contribution in [0.25, 0.3) is 0 Å². The zero-order valence-corrected chi connectivity index (χ0v) is 13.2. The van der Waals surface area contributed by atoms with Gasteiger partial charge < -0.3 is 9.64 Å². The predicted octanol–water partition coefficient (Wildman–Crippen LogP) is 3.30. The molecule has 0 N–H and O–H groups in total. The van der Waals surface area contributed by atoms with Gasteiger partial charge in [-0.15, -0.1) is 0 Å². The van der Waals surface area contributed by atoms with Gasteiger partial charge in [-0.05, 0) is 43.9 Å². The minimum atomic E-state index is 0.267. The second-order valence-corrected chi connectivity index (χ2v) is 6.67. The molecular formula is C17H22ClNO2. The Bertz CT molecular complexity index is 502. The fourth-order valence-electron chi connectivity index (χ4n) is 3.48. The van der Waals surface area contributed by atoms with Crippen LogP contribution in [0.3, 0.4) is 0 Å². The van der Waals surface area contributed by atoms with Crippen LogP contribution in [0.1, 0.15) is 31.7 Å². The zero-order valence-electron chi connectivity index (χ0n) is 12.4. The van der Waals surface area contributed by atoms with Crippen molar-refractivity contribution < 1.29 is 9.53 Å². The second kappa shape index (κ2) is 6.37. The highest BCUT2D eigenvalue weighted by Crippen LogP contribution is 2.32. The number of fused-ring (bicyclic) bond motifs is 1. The molecule has 0 bridgehead atoms. The van der Waals surface area contributed by atoms with Gasteiger partial charge in [-0.25, -0.2) is 0 Å². The Balaban J connectivity index is 1.50. The number of benzene rings is 1. The summed E-state index contributed by atoms with van der Waals surface area (Å²) in [6, 6.07) is 7.75. The largest absolute Gasteiger partial charge is 0.375 e. The Labute approximate surface area is 131 Å². The van der Waals surface area contributed by atoms with Crippen LogP contribution in [0, 0.1) is 5.92 Å². The maximum atomic E-state index is 12.4.